The summed E-state index contributed by atoms with van der Waals surface area (Å²) in [7, 11) is 0. The average molecular weight is 360 g/mol. The Morgan fingerprint density at radius 1 is 0.680 bits per heavy atom. The van der Waals surface area contributed by atoms with Crippen LogP contribution in [0.3, 0.4) is 0 Å². The molecule has 0 heterocycles. The maximum Gasteiger partial charge on any atom is 0.339 e. The van der Waals surface area contributed by atoms with E-state index in [1.165, 1.54) is 0 Å². The first kappa shape index (κ1) is 18.4. The minimum Gasteiger partial charge on any atom is -0.478 e. The zero-order valence-electron chi connectivity index (χ0n) is 11.9. The molecule has 0 saturated heterocycles. The zero-order chi connectivity index (χ0) is 19.1. The first-order chi connectivity index (χ1) is 11.5. The Hall–Kier alpha value is -2.98. The minimum atomic E-state index is -4.00. The number of aromatic carboxylic acids is 2. The molecule has 0 saturated carbocycles. The molecule has 0 aliphatic rings. The van der Waals surface area contributed by atoms with Gasteiger partial charge in [0.2, 0.25) is 5.79 Å². The summed E-state index contributed by atoms with van der Waals surface area (Å²) in [4.78, 5) is 22.3. The quantitative estimate of drug-likeness (QED) is 0.488. The van der Waals surface area contributed by atoms with Crippen LogP contribution < -0.4 is 0 Å². The molecule has 0 unspecified atom stereocenters. The fourth-order valence-electron chi connectivity index (χ4n) is 2.33. The van der Waals surface area contributed by atoms with Crippen LogP contribution in [0.2, 0.25) is 0 Å². The number of carboxylic acid groups (broad SMARTS) is 2. The van der Waals surface area contributed by atoms with E-state index in [2.05, 4.69) is 0 Å². The topological polar surface area (TPSA) is 115 Å². The lowest BCUT2D eigenvalue weighted by Gasteiger charge is -2.26. The second-order valence-electron chi connectivity index (χ2n) is 4.84. The Morgan fingerprint density at radius 3 is 1.24 bits per heavy atom. The molecule has 10 heteroatoms. The summed E-state index contributed by atoms with van der Waals surface area (Å²) < 4.78 is 55.5. The standard InChI is InChI=1S/C15H8F4O6/c16-5-1-3-7(18)11(9(5)13(20)21)15(24,25)12-8(19)4-2-6(17)10(12)14(22)23/h1-4,24-25H,(H,20,21)(H,22,23). The lowest BCUT2D eigenvalue weighted by atomic mass is 9.89. The predicted octanol–water partition coefficient (Wildman–Crippen LogP) is 1.83. The number of rotatable bonds is 4. The van der Waals surface area contributed by atoms with Crippen LogP contribution in [0.15, 0.2) is 24.3 Å². The van der Waals surface area contributed by atoms with Gasteiger partial charge in [-0.1, -0.05) is 0 Å². The molecule has 2 aromatic carbocycles. The second kappa shape index (κ2) is 6.15. The highest BCUT2D eigenvalue weighted by molar-refractivity contribution is 5.92. The molecule has 2 aromatic rings. The van der Waals surface area contributed by atoms with Crippen LogP contribution in [0.1, 0.15) is 31.8 Å². The smallest absolute Gasteiger partial charge is 0.339 e. The SMILES string of the molecule is O=C(O)c1c(F)ccc(F)c1C(O)(O)c1c(F)ccc(F)c1C(=O)O. The molecule has 25 heavy (non-hydrogen) atoms. The minimum absolute atomic E-state index is 0.315. The van der Waals surface area contributed by atoms with Gasteiger partial charge in [0.25, 0.3) is 0 Å². The molecule has 0 atom stereocenters. The third kappa shape index (κ3) is 2.92. The van der Waals surface area contributed by atoms with Gasteiger partial charge in [-0.25, -0.2) is 27.2 Å². The van der Waals surface area contributed by atoms with E-state index in [0.29, 0.717) is 24.3 Å². The normalized spacial score (nSPS) is 11.4. The van der Waals surface area contributed by atoms with Gasteiger partial charge in [-0.15, -0.1) is 0 Å². The van der Waals surface area contributed by atoms with Gasteiger partial charge in [-0.2, -0.15) is 0 Å². The number of aliphatic hydroxyl groups is 2. The molecule has 0 bridgehead atoms. The van der Waals surface area contributed by atoms with Crippen molar-refractivity contribution in [2.24, 2.45) is 0 Å². The van der Waals surface area contributed by atoms with Crippen molar-refractivity contribution >= 4 is 11.9 Å². The maximum absolute atomic E-state index is 14.0. The van der Waals surface area contributed by atoms with Crippen LogP contribution in [0.4, 0.5) is 17.6 Å². The van der Waals surface area contributed by atoms with E-state index in [-0.39, 0.29) is 0 Å². The number of hydrogen-bond donors (Lipinski definition) is 4. The summed E-state index contributed by atoms with van der Waals surface area (Å²) in [5.41, 5.74) is -6.51. The molecule has 0 amide bonds. The van der Waals surface area contributed by atoms with Gasteiger partial charge >= 0.3 is 11.9 Å². The molecule has 0 radical (unpaired) electrons. The molecule has 4 N–H and O–H groups in total. The Balaban J connectivity index is 2.96. The van der Waals surface area contributed by atoms with E-state index >= 15 is 0 Å². The molecule has 6 nitrogen and oxygen atoms in total. The van der Waals surface area contributed by atoms with Crippen molar-refractivity contribution in [3.8, 4) is 0 Å². The Kier molecular flexibility index (Phi) is 4.51. The monoisotopic (exact) mass is 360 g/mol. The van der Waals surface area contributed by atoms with Crippen molar-refractivity contribution in [2.45, 2.75) is 5.79 Å². The Bertz CT molecular complexity index is 823. The van der Waals surface area contributed by atoms with Crippen molar-refractivity contribution in [2.75, 3.05) is 0 Å². The van der Waals surface area contributed by atoms with Crippen LogP contribution in [0.25, 0.3) is 0 Å². The van der Waals surface area contributed by atoms with Crippen molar-refractivity contribution in [3.05, 3.63) is 69.8 Å². The number of carbonyl (C=O) groups is 2. The molecule has 0 aliphatic carbocycles. The molecule has 0 fully saturated rings. The summed E-state index contributed by atoms with van der Waals surface area (Å²) in [5, 5.41) is 38.2. The Labute approximate surface area is 136 Å². The van der Waals surface area contributed by atoms with E-state index < -0.39 is 63.2 Å². The summed E-state index contributed by atoms with van der Waals surface area (Å²) >= 11 is 0. The molecule has 0 spiro atoms. The fourth-order valence-corrected chi connectivity index (χ4v) is 2.33. The molecule has 132 valence electrons. The average Bonchev–Trinajstić information content (AvgIpc) is 2.50. The highest BCUT2D eigenvalue weighted by Crippen LogP contribution is 2.37. The lowest BCUT2D eigenvalue weighted by molar-refractivity contribution is -0.137. The van der Waals surface area contributed by atoms with E-state index in [0.717, 1.165) is 0 Å². The molecule has 2 rings (SSSR count). The summed E-state index contributed by atoms with van der Waals surface area (Å²) in [5.74, 6) is -14.9. The van der Waals surface area contributed by atoms with Crippen molar-refractivity contribution < 1.29 is 47.6 Å². The zero-order valence-corrected chi connectivity index (χ0v) is 11.9. The van der Waals surface area contributed by atoms with Gasteiger partial charge in [-0.3, -0.25) is 0 Å². The first-order valence-corrected chi connectivity index (χ1v) is 6.38. The van der Waals surface area contributed by atoms with E-state index in [9.17, 15) is 37.4 Å². The Morgan fingerprint density at radius 2 is 0.960 bits per heavy atom. The summed E-state index contributed by atoms with van der Waals surface area (Å²) in [6, 6.07) is 1.35. The van der Waals surface area contributed by atoms with Crippen LogP contribution in [0, 0.1) is 23.3 Å². The van der Waals surface area contributed by atoms with E-state index in [4.69, 9.17) is 10.2 Å². The van der Waals surface area contributed by atoms with Gasteiger partial charge in [0.1, 0.15) is 34.4 Å². The highest BCUT2D eigenvalue weighted by Gasteiger charge is 2.43. The van der Waals surface area contributed by atoms with Crippen molar-refractivity contribution in [1.29, 1.82) is 0 Å². The number of benzene rings is 2. The predicted molar refractivity (Wildman–Crippen MR) is 71.9 cm³/mol. The first-order valence-electron chi connectivity index (χ1n) is 6.38. The molecular weight excluding hydrogens is 352 g/mol. The van der Waals surface area contributed by atoms with Gasteiger partial charge in [0.05, 0.1) is 11.1 Å². The van der Waals surface area contributed by atoms with E-state index in [1.54, 1.807) is 0 Å². The number of carboxylic acids is 2. The van der Waals surface area contributed by atoms with Gasteiger partial charge in [0, 0.05) is 0 Å². The van der Waals surface area contributed by atoms with E-state index in [1.807, 2.05) is 0 Å². The lowest BCUT2D eigenvalue weighted by Crippen LogP contribution is -2.34. The van der Waals surface area contributed by atoms with Crippen LogP contribution in [0.5, 0.6) is 0 Å². The third-order valence-corrected chi connectivity index (χ3v) is 3.33. The number of hydrogen-bond acceptors (Lipinski definition) is 4. The highest BCUT2D eigenvalue weighted by atomic mass is 19.1. The van der Waals surface area contributed by atoms with Crippen LogP contribution in [-0.4, -0.2) is 32.4 Å². The summed E-state index contributed by atoms with van der Waals surface area (Å²) in [6.07, 6.45) is 0. The largest absolute Gasteiger partial charge is 0.478 e. The van der Waals surface area contributed by atoms with Crippen LogP contribution >= 0.6 is 0 Å². The fraction of sp³-hybridized carbons (Fsp3) is 0.0667. The van der Waals surface area contributed by atoms with Gasteiger partial charge in [-0.05, 0) is 24.3 Å². The molecule has 0 aromatic heterocycles. The van der Waals surface area contributed by atoms with Crippen molar-refractivity contribution in [1.82, 2.24) is 0 Å². The second-order valence-corrected chi connectivity index (χ2v) is 4.84. The third-order valence-electron chi connectivity index (χ3n) is 3.33. The van der Waals surface area contributed by atoms with Crippen LogP contribution in [-0.2, 0) is 5.79 Å². The van der Waals surface area contributed by atoms with Crippen molar-refractivity contribution in [3.63, 3.8) is 0 Å². The molecule has 0 aliphatic heterocycles. The maximum atomic E-state index is 14.0. The van der Waals surface area contributed by atoms with Gasteiger partial charge < -0.3 is 20.4 Å². The molecular formula is C15H8F4O6. The van der Waals surface area contributed by atoms with Gasteiger partial charge in [0.15, 0.2) is 0 Å². The number of halogens is 4. The summed E-state index contributed by atoms with van der Waals surface area (Å²) in [6.45, 7) is 0.